The topological polar surface area (TPSA) is 47.3 Å². The van der Waals surface area contributed by atoms with Gasteiger partial charge in [0.2, 0.25) is 5.91 Å². The molecule has 0 N–H and O–H groups in total. The molecule has 0 aromatic heterocycles. The molecule has 0 unspecified atom stereocenters. The molecule has 140 valence electrons. The third-order valence-corrected chi connectivity index (χ3v) is 5.94. The number of carbonyl (C=O) groups is 1. The first kappa shape index (κ1) is 18.8. The number of nitriles is 1. The molecular weight excluding hydrogens is 322 g/mol. The second kappa shape index (κ2) is 9.62. The Kier molecular flexibility index (Phi) is 6.94. The molecule has 1 aliphatic heterocycles. The molecule has 1 heterocycles. The van der Waals surface area contributed by atoms with Crippen LogP contribution >= 0.6 is 0 Å². The van der Waals surface area contributed by atoms with Gasteiger partial charge in [-0.25, -0.2) is 0 Å². The van der Waals surface area contributed by atoms with Crippen LogP contribution in [0.5, 0.6) is 0 Å². The minimum Gasteiger partial charge on any atom is -0.370 e. The largest absolute Gasteiger partial charge is 0.370 e. The molecule has 0 bridgehead atoms. The van der Waals surface area contributed by atoms with Crippen molar-refractivity contribution in [2.75, 3.05) is 31.1 Å². The van der Waals surface area contributed by atoms with Crippen molar-refractivity contribution >= 4 is 11.6 Å². The van der Waals surface area contributed by atoms with Crippen molar-refractivity contribution in [1.29, 1.82) is 5.26 Å². The average Bonchev–Trinajstić information content (AvgIpc) is 2.95. The summed E-state index contributed by atoms with van der Waals surface area (Å²) in [5.41, 5.74) is 1.84. The quantitative estimate of drug-likeness (QED) is 0.791. The minimum atomic E-state index is 0.336. The summed E-state index contributed by atoms with van der Waals surface area (Å²) in [6.07, 6.45) is 10.9. The van der Waals surface area contributed by atoms with E-state index < -0.39 is 0 Å². The lowest BCUT2D eigenvalue weighted by molar-refractivity contribution is -0.131. The van der Waals surface area contributed by atoms with Gasteiger partial charge in [-0.1, -0.05) is 32.1 Å². The smallest absolute Gasteiger partial charge is 0.222 e. The normalized spacial score (nSPS) is 19.0. The fraction of sp³-hybridized carbons (Fsp3) is 0.636. The van der Waals surface area contributed by atoms with Crippen LogP contribution in [-0.2, 0) is 4.79 Å². The van der Waals surface area contributed by atoms with E-state index in [0.29, 0.717) is 17.9 Å². The SMILES string of the molecule is N#Cc1ccc(N2CCCN(C(=O)CCCC3CCCCC3)CC2)cc1. The summed E-state index contributed by atoms with van der Waals surface area (Å²) in [5, 5.41) is 8.93. The molecule has 3 rings (SSSR count). The molecule has 1 aromatic carbocycles. The molecule has 1 saturated heterocycles. The maximum absolute atomic E-state index is 12.6. The minimum absolute atomic E-state index is 0.336. The van der Waals surface area contributed by atoms with Gasteiger partial charge < -0.3 is 9.80 Å². The van der Waals surface area contributed by atoms with Gasteiger partial charge in [0.05, 0.1) is 11.6 Å². The summed E-state index contributed by atoms with van der Waals surface area (Å²) in [6, 6.07) is 9.93. The highest BCUT2D eigenvalue weighted by molar-refractivity contribution is 5.76. The maximum Gasteiger partial charge on any atom is 0.222 e. The van der Waals surface area contributed by atoms with Gasteiger partial charge in [-0.3, -0.25) is 4.79 Å². The predicted octanol–water partition coefficient (Wildman–Crippen LogP) is 4.35. The van der Waals surface area contributed by atoms with Crippen LogP contribution in [0, 0.1) is 17.2 Å². The second-order valence-electron chi connectivity index (χ2n) is 7.78. The zero-order valence-electron chi connectivity index (χ0n) is 15.8. The van der Waals surface area contributed by atoms with E-state index >= 15 is 0 Å². The van der Waals surface area contributed by atoms with E-state index in [1.165, 1.54) is 38.5 Å². The van der Waals surface area contributed by atoms with Gasteiger partial charge >= 0.3 is 0 Å². The van der Waals surface area contributed by atoms with Crippen molar-refractivity contribution in [3.05, 3.63) is 29.8 Å². The summed E-state index contributed by atoms with van der Waals surface area (Å²) in [6.45, 7) is 3.52. The second-order valence-corrected chi connectivity index (χ2v) is 7.78. The van der Waals surface area contributed by atoms with E-state index in [1.807, 2.05) is 24.3 Å². The highest BCUT2D eigenvalue weighted by Gasteiger charge is 2.20. The first-order chi connectivity index (χ1) is 12.8. The third-order valence-electron chi connectivity index (χ3n) is 5.94. The molecule has 0 radical (unpaired) electrons. The van der Waals surface area contributed by atoms with Crippen LogP contribution < -0.4 is 4.90 Å². The zero-order valence-corrected chi connectivity index (χ0v) is 15.8. The Bertz CT molecular complexity index is 613. The van der Waals surface area contributed by atoms with E-state index in [9.17, 15) is 4.79 Å². The summed E-state index contributed by atoms with van der Waals surface area (Å²) >= 11 is 0. The van der Waals surface area contributed by atoms with Gasteiger partial charge in [-0.05, 0) is 49.4 Å². The number of nitrogens with zero attached hydrogens (tertiary/aromatic N) is 3. The van der Waals surface area contributed by atoms with Crippen molar-refractivity contribution in [2.24, 2.45) is 5.92 Å². The lowest BCUT2D eigenvalue weighted by Crippen LogP contribution is -2.35. The van der Waals surface area contributed by atoms with Crippen molar-refractivity contribution in [2.45, 2.75) is 57.8 Å². The number of anilines is 1. The van der Waals surface area contributed by atoms with E-state index in [-0.39, 0.29) is 0 Å². The van der Waals surface area contributed by atoms with Gasteiger partial charge in [0.25, 0.3) is 0 Å². The first-order valence-corrected chi connectivity index (χ1v) is 10.3. The molecular formula is C22H31N3O. The van der Waals surface area contributed by atoms with Gasteiger partial charge in [0.15, 0.2) is 0 Å². The molecule has 2 aliphatic rings. The van der Waals surface area contributed by atoms with Crippen LogP contribution in [0.2, 0.25) is 0 Å². The van der Waals surface area contributed by atoms with Crippen LogP contribution in [0.1, 0.15) is 63.4 Å². The number of hydrogen-bond acceptors (Lipinski definition) is 3. The zero-order chi connectivity index (χ0) is 18.2. The predicted molar refractivity (Wildman–Crippen MR) is 105 cm³/mol. The lowest BCUT2D eigenvalue weighted by atomic mass is 9.86. The molecule has 1 amide bonds. The Morgan fingerprint density at radius 3 is 2.50 bits per heavy atom. The molecule has 0 atom stereocenters. The Balaban J connectivity index is 1.43. The average molecular weight is 354 g/mol. The van der Waals surface area contributed by atoms with Gasteiger partial charge in [0, 0.05) is 38.3 Å². The summed E-state index contributed by atoms with van der Waals surface area (Å²) < 4.78 is 0. The Labute approximate surface area is 157 Å². The summed E-state index contributed by atoms with van der Waals surface area (Å²) in [4.78, 5) is 17.0. The summed E-state index contributed by atoms with van der Waals surface area (Å²) in [7, 11) is 0. The molecule has 0 spiro atoms. The molecule has 2 fully saturated rings. The maximum atomic E-state index is 12.6. The van der Waals surface area contributed by atoms with Gasteiger partial charge in [-0.15, -0.1) is 0 Å². The lowest BCUT2D eigenvalue weighted by Gasteiger charge is -2.24. The van der Waals surface area contributed by atoms with Crippen LogP contribution in [0.3, 0.4) is 0 Å². The van der Waals surface area contributed by atoms with Crippen LogP contribution in [0.25, 0.3) is 0 Å². The van der Waals surface area contributed by atoms with Crippen molar-refractivity contribution < 1.29 is 4.79 Å². The standard InChI is InChI=1S/C22H31N3O/c23-18-20-10-12-21(13-11-20)24-14-5-15-25(17-16-24)22(26)9-4-8-19-6-2-1-3-7-19/h10-13,19H,1-9,14-17H2. The van der Waals surface area contributed by atoms with E-state index in [4.69, 9.17) is 5.26 Å². The Morgan fingerprint density at radius 1 is 1.00 bits per heavy atom. The number of benzene rings is 1. The number of rotatable bonds is 5. The van der Waals surface area contributed by atoms with Crippen LogP contribution in [0.15, 0.2) is 24.3 Å². The summed E-state index contributed by atoms with van der Waals surface area (Å²) in [5.74, 6) is 1.20. The van der Waals surface area contributed by atoms with Gasteiger partial charge in [0.1, 0.15) is 0 Å². The number of carbonyl (C=O) groups excluding carboxylic acids is 1. The van der Waals surface area contributed by atoms with E-state index in [0.717, 1.165) is 50.6 Å². The van der Waals surface area contributed by atoms with E-state index in [2.05, 4.69) is 15.9 Å². The molecule has 4 heteroatoms. The van der Waals surface area contributed by atoms with Gasteiger partial charge in [-0.2, -0.15) is 5.26 Å². The van der Waals surface area contributed by atoms with Crippen molar-refractivity contribution in [3.8, 4) is 6.07 Å². The molecule has 1 aliphatic carbocycles. The van der Waals surface area contributed by atoms with E-state index in [1.54, 1.807) is 0 Å². The number of hydrogen-bond donors (Lipinski definition) is 0. The molecule has 26 heavy (non-hydrogen) atoms. The van der Waals surface area contributed by atoms with Crippen molar-refractivity contribution in [1.82, 2.24) is 4.90 Å². The van der Waals surface area contributed by atoms with Crippen molar-refractivity contribution in [3.63, 3.8) is 0 Å². The fourth-order valence-corrected chi connectivity index (χ4v) is 4.35. The monoisotopic (exact) mass is 353 g/mol. The molecule has 1 saturated carbocycles. The molecule has 1 aromatic rings. The highest BCUT2D eigenvalue weighted by atomic mass is 16.2. The van der Waals surface area contributed by atoms with Crippen LogP contribution in [0.4, 0.5) is 5.69 Å². The Morgan fingerprint density at radius 2 is 1.77 bits per heavy atom. The molecule has 4 nitrogen and oxygen atoms in total. The Hall–Kier alpha value is -2.02. The third kappa shape index (κ3) is 5.24. The highest BCUT2D eigenvalue weighted by Crippen LogP contribution is 2.28. The fourth-order valence-electron chi connectivity index (χ4n) is 4.35. The first-order valence-electron chi connectivity index (χ1n) is 10.3. The van der Waals surface area contributed by atoms with Crippen LogP contribution in [-0.4, -0.2) is 37.0 Å². The number of amides is 1.